The van der Waals surface area contributed by atoms with Crippen molar-refractivity contribution in [2.45, 2.75) is 31.6 Å². The van der Waals surface area contributed by atoms with E-state index >= 15 is 0 Å². The summed E-state index contributed by atoms with van der Waals surface area (Å²) >= 11 is 0.961. The monoisotopic (exact) mass is 550 g/mol. The summed E-state index contributed by atoms with van der Waals surface area (Å²) in [5, 5.41) is 17.0. The Morgan fingerprint density at radius 2 is 2.17 bits per heavy atom. The molecular formula is C19H22F3IN6S. The number of anilines is 1. The van der Waals surface area contributed by atoms with Gasteiger partial charge in [-0.1, -0.05) is 12.1 Å². The fraction of sp³-hybridized carbons (Fsp3) is 0.421. The van der Waals surface area contributed by atoms with Crippen molar-refractivity contribution in [3.63, 3.8) is 0 Å². The third-order valence-electron chi connectivity index (χ3n) is 4.60. The lowest BCUT2D eigenvalue weighted by Crippen LogP contribution is -2.51. The van der Waals surface area contributed by atoms with Crippen LogP contribution in [0, 0.1) is 11.3 Å². The number of nitrogens with one attached hydrogen (secondary N) is 2. The summed E-state index contributed by atoms with van der Waals surface area (Å²) in [6.07, 6.45) is -2.54. The molecule has 0 spiro atoms. The molecular weight excluding hydrogens is 528 g/mol. The van der Waals surface area contributed by atoms with E-state index in [-0.39, 0.29) is 36.6 Å². The van der Waals surface area contributed by atoms with E-state index in [0.717, 1.165) is 41.8 Å². The number of para-hydroxylation sites is 1. The van der Waals surface area contributed by atoms with Crippen LogP contribution < -0.4 is 15.5 Å². The van der Waals surface area contributed by atoms with Crippen LogP contribution in [0.25, 0.3) is 0 Å². The lowest BCUT2D eigenvalue weighted by Gasteiger charge is -2.35. The standard InChI is InChI=1S/C19H21F3N6S.HI/c1-24-18(25-10-17-27-16(12-29-17)19(20,21)22)26-14-6-4-8-28(11-14)15-7-3-2-5-13(15)9-23;/h2-3,5,7,12,14H,4,6,8,10-11H2,1H3,(H2,24,25,26);1H. The number of rotatable bonds is 4. The highest BCUT2D eigenvalue weighted by Gasteiger charge is 2.33. The minimum absolute atomic E-state index is 0. The SMILES string of the molecule is CN=C(NCc1nc(C(F)(F)F)cs1)NC1CCCN(c2ccccc2C#N)C1.I. The van der Waals surface area contributed by atoms with Crippen molar-refractivity contribution in [2.75, 3.05) is 25.0 Å². The van der Waals surface area contributed by atoms with E-state index in [0.29, 0.717) is 23.1 Å². The second-order valence-electron chi connectivity index (χ2n) is 6.61. The van der Waals surface area contributed by atoms with E-state index in [1.54, 1.807) is 13.1 Å². The van der Waals surface area contributed by atoms with Gasteiger partial charge < -0.3 is 15.5 Å². The Hall–Kier alpha value is -2.07. The van der Waals surface area contributed by atoms with Gasteiger partial charge in [-0.15, -0.1) is 35.3 Å². The van der Waals surface area contributed by atoms with Gasteiger partial charge in [0.1, 0.15) is 11.1 Å². The third-order valence-corrected chi connectivity index (χ3v) is 5.45. The number of halogens is 4. The number of hydrogen-bond donors (Lipinski definition) is 2. The third kappa shape index (κ3) is 6.21. The molecule has 11 heteroatoms. The summed E-state index contributed by atoms with van der Waals surface area (Å²) in [5.41, 5.74) is 0.674. The number of nitriles is 1. The first-order chi connectivity index (χ1) is 13.9. The van der Waals surface area contributed by atoms with Gasteiger partial charge in [0.2, 0.25) is 0 Å². The Kier molecular flexibility index (Phi) is 8.72. The molecule has 1 unspecified atom stereocenters. The number of alkyl halides is 3. The van der Waals surface area contributed by atoms with E-state index in [9.17, 15) is 18.4 Å². The summed E-state index contributed by atoms with van der Waals surface area (Å²) < 4.78 is 38.0. The minimum atomic E-state index is -4.43. The number of aromatic nitrogens is 1. The molecule has 1 atom stereocenters. The van der Waals surface area contributed by atoms with Crippen LogP contribution in [0.4, 0.5) is 18.9 Å². The molecule has 2 heterocycles. The highest BCUT2D eigenvalue weighted by Crippen LogP contribution is 2.30. The molecule has 0 radical (unpaired) electrons. The Bertz CT molecular complexity index is 908. The van der Waals surface area contributed by atoms with Crippen molar-refractivity contribution in [3.05, 3.63) is 45.9 Å². The lowest BCUT2D eigenvalue weighted by atomic mass is 10.0. The molecule has 3 rings (SSSR count). The van der Waals surface area contributed by atoms with Gasteiger partial charge in [0.05, 0.1) is 17.8 Å². The zero-order valence-corrected chi connectivity index (χ0v) is 19.4. The van der Waals surface area contributed by atoms with Gasteiger partial charge in [0.25, 0.3) is 0 Å². The maximum Gasteiger partial charge on any atom is 0.434 e. The molecule has 1 aliphatic heterocycles. The Balaban J connectivity index is 0.00000320. The quantitative estimate of drug-likeness (QED) is 0.342. The predicted molar refractivity (Wildman–Crippen MR) is 122 cm³/mol. The number of guanidine groups is 1. The average molecular weight is 550 g/mol. The highest BCUT2D eigenvalue weighted by molar-refractivity contribution is 14.0. The average Bonchev–Trinajstić information content (AvgIpc) is 3.21. The largest absolute Gasteiger partial charge is 0.434 e. The van der Waals surface area contributed by atoms with E-state index in [1.807, 2.05) is 18.2 Å². The van der Waals surface area contributed by atoms with Gasteiger partial charge in [0.15, 0.2) is 11.7 Å². The minimum Gasteiger partial charge on any atom is -0.368 e. The van der Waals surface area contributed by atoms with Crippen LogP contribution in [0.15, 0.2) is 34.6 Å². The summed E-state index contributed by atoms with van der Waals surface area (Å²) in [6.45, 7) is 1.73. The fourth-order valence-corrected chi connectivity index (χ4v) is 3.97. The van der Waals surface area contributed by atoms with Crippen LogP contribution in [0.2, 0.25) is 0 Å². The van der Waals surface area contributed by atoms with E-state index in [4.69, 9.17) is 0 Å². The molecule has 0 bridgehead atoms. The van der Waals surface area contributed by atoms with E-state index < -0.39 is 11.9 Å². The summed E-state index contributed by atoms with van der Waals surface area (Å²) in [7, 11) is 1.61. The summed E-state index contributed by atoms with van der Waals surface area (Å²) in [6, 6.07) is 9.83. The molecule has 0 saturated carbocycles. The number of piperidine rings is 1. The first-order valence-electron chi connectivity index (χ1n) is 9.13. The second-order valence-corrected chi connectivity index (χ2v) is 7.55. The maximum absolute atomic E-state index is 12.7. The molecule has 1 fully saturated rings. The van der Waals surface area contributed by atoms with Crippen molar-refractivity contribution in [3.8, 4) is 6.07 Å². The Morgan fingerprint density at radius 3 is 2.83 bits per heavy atom. The van der Waals surface area contributed by atoms with Crippen molar-refractivity contribution in [2.24, 2.45) is 4.99 Å². The highest BCUT2D eigenvalue weighted by atomic mass is 127. The molecule has 2 aromatic rings. The van der Waals surface area contributed by atoms with Crippen molar-refractivity contribution >= 4 is 47.0 Å². The van der Waals surface area contributed by atoms with Gasteiger partial charge in [-0.3, -0.25) is 4.99 Å². The molecule has 0 aliphatic carbocycles. The molecule has 2 N–H and O–H groups in total. The smallest absolute Gasteiger partial charge is 0.368 e. The van der Waals surface area contributed by atoms with Crippen molar-refractivity contribution < 1.29 is 13.2 Å². The fourth-order valence-electron chi connectivity index (χ4n) is 3.23. The number of benzene rings is 1. The number of thiazole rings is 1. The molecule has 1 aliphatic rings. The molecule has 1 aromatic carbocycles. The van der Waals surface area contributed by atoms with Crippen LogP contribution in [-0.4, -0.2) is 37.1 Å². The summed E-state index contributed by atoms with van der Waals surface area (Å²) in [4.78, 5) is 9.95. The molecule has 1 saturated heterocycles. The summed E-state index contributed by atoms with van der Waals surface area (Å²) in [5.74, 6) is 0.508. The van der Waals surface area contributed by atoms with Crippen LogP contribution in [-0.2, 0) is 12.7 Å². The topological polar surface area (TPSA) is 76.3 Å². The zero-order chi connectivity index (χ0) is 20.9. The van der Waals surface area contributed by atoms with Gasteiger partial charge in [-0.25, -0.2) is 4.98 Å². The van der Waals surface area contributed by atoms with Crippen molar-refractivity contribution in [1.29, 1.82) is 5.26 Å². The van der Waals surface area contributed by atoms with E-state index in [1.165, 1.54) is 0 Å². The van der Waals surface area contributed by atoms with Crippen LogP contribution in [0.1, 0.15) is 29.1 Å². The molecule has 6 nitrogen and oxygen atoms in total. The molecule has 30 heavy (non-hydrogen) atoms. The van der Waals surface area contributed by atoms with Gasteiger partial charge in [-0.05, 0) is 25.0 Å². The first kappa shape index (κ1) is 24.2. The first-order valence-corrected chi connectivity index (χ1v) is 10.0. The number of aliphatic imine (C=N–C) groups is 1. The van der Waals surface area contributed by atoms with Crippen molar-refractivity contribution in [1.82, 2.24) is 15.6 Å². The maximum atomic E-state index is 12.7. The van der Waals surface area contributed by atoms with Gasteiger partial charge >= 0.3 is 6.18 Å². The number of hydrogen-bond acceptors (Lipinski definition) is 5. The van der Waals surface area contributed by atoms with Gasteiger partial charge in [0, 0.05) is 31.6 Å². The lowest BCUT2D eigenvalue weighted by molar-refractivity contribution is -0.140. The van der Waals surface area contributed by atoms with Crippen LogP contribution in [0.3, 0.4) is 0 Å². The predicted octanol–water partition coefficient (Wildman–Crippen LogP) is 3.99. The number of nitrogens with zero attached hydrogens (tertiary/aromatic N) is 4. The van der Waals surface area contributed by atoms with Crippen LogP contribution in [0.5, 0.6) is 0 Å². The zero-order valence-electron chi connectivity index (χ0n) is 16.2. The molecule has 162 valence electrons. The van der Waals surface area contributed by atoms with E-state index in [2.05, 4.69) is 31.6 Å². The normalized spacial score (nSPS) is 17.1. The van der Waals surface area contributed by atoms with Crippen LogP contribution >= 0.6 is 35.3 Å². The Morgan fingerprint density at radius 1 is 1.40 bits per heavy atom. The Labute approximate surface area is 194 Å². The second kappa shape index (κ2) is 10.8. The molecule has 1 aromatic heterocycles. The van der Waals surface area contributed by atoms with Gasteiger partial charge in [-0.2, -0.15) is 18.4 Å². The molecule has 0 amide bonds.